The van der Waals surface area contributed by atoms with Gasteiger partial charge in [0.15, 0.2) is 11.0 Å². The molecule has 0 bridgehead atoms. The second kappa shape index (κ2) is 12.1. The van der Waals surface area contributed by atoms with Crippen LogP contribution in [0.1, 0.15) is 44.4 Å². The Morgan fingerprint density at radius 2 is 1.64 bits per heavy atom. The summed E-state index contributed by atoms with van der Waals surface area (Å²) in [6.45, 7) is 11.7. The molecule has 0 aliphatic heterocycles. The molecule has 0 saturated carbocycles. The first kappa shape index (κ1) is 29.4. The zero-order valence-electron chi connectivity index (χ0n) is 25.7. The van der Waals surface area contributed by atoms with Crippen LogP contribution >= 0.6 is 11.8 Å². The summed E-state index contributed by atoms with van der Waals surface area (Å²) < 4.78 is 4.32. The van der Waals surface area contributed by atoms with Crippen molar-refractivity contribution in [2.24, 2.45) is 5.10 Å². The van der Waals surface area contributed by atoms with Crippen LogP contribution in [0.25, 0.3) is 38.9 Å². The third-order valence-corrected chi connectivity index (χ3v) is 8.71. The lowest BCUT2D eigenvalue weighted by atomic mass is 9.87. The predicted octanol–water partition coefficient (Wildman–Crippen LogP) is 7.91. The standard InChI is InChI=1S/C36H36N6OS/c1-6-41-31-10-8-7-9-29(31)30-21-25(13-20-32(30)41)22-37-38-33(43)23-44-35-40-39-34(42(35)28-18-11-24(2)12-19-28)26-14-16-27(17-15-26)36(3,4)5/h7-22H,6,23H2,1-5H3,(H,38,43)/b37-22+. The van der Waals surface area contributed by atoms with Crippen LogP contribution in [-0.4, -0.2) is 37.2 Å². The van der Waals surface area contributed by atoms with Gasteiger partial charge in [0.25, 0.3) is 5.91 Å². The molecule has 0 atom stereocenters. The van der Waals surface area contributed by atoms with Crippen molar-refractivity contribution in [3.8, 4) is 17.1 Å². The lowest BCUT2D eigenvalue weighted by Crippen LogP contribution is -2.20. The summed E-state index contributed by atoms with van der Waals surface area (Å²) in [4.78, 5) is 12.8. The van der Waals surface area contributed by atoms with Gasteiger partial charge in [-0.1, -0.05) is 98.8 Å². The zero-order valence-corrected chi connectivity index (χ0v) is 26.5. The molecule has 2 heterocycles. The second-order valence-electron chi connectivity index (χ2n) is 11.9. The van der Waals surface area contributed by atoms with E-state index in [0.717, 1.165) is 29.2 Å². The molecule has 0 aliphatic carbocycles. The number of aromatic nitrogens is 4. The minimum atomic E-state index is -0.218. The molecule has 0 spiro atoms. The number of carbonyl (C=O) groups is 1. The number of thioether (sulfide) groups is 1. The highest BCUT2D eigenvalue weighted by Crippen LogP contribution is 2.31. The normalized spacial score (nSPS) is 12.0. The van der Waals surface area contributed by atoms with Gasteiger partial charge in [-0.3, -0.25) is 9.36 Å². The van der Waals surface area contributed by atoms with E-state index in [9.17, 15) is 4.79 Å². The third kappa shape index (κ3) is 5.90. The Morgan fingerprint density at radius 1 is 0.909 bits per heavy atom. The van der Waals surface area contributed by atoms with Crippen LogP contribution in [0.15, 0.2) is 101 Å². The zero-order chi connectivity index (χ0) is 30.8. The third-order valence-electron chi connectivity index (χ3n) is 7.78. The molecule has 4 aromatic carbocycles. The van der Waals surface area contributed by atoms with Crippen LogP contribution in [0, 0.1) is 6.92 Å². The average molecular weight is 601 g/mol. The molecular weight excluding hydrogens is 565 g/mol. The van der Waals surface area contributed by atoms with E-state index in [4.69, 9.17) is 0 Å². The molecule has 0 unspecified atom stereocenters. The Morgan fingerprint density at radius 3 is 2.36 bits per heavy atom. The van der Waals surface area contributed by atoms with Gasteiger partial charge < -0.3 is 4.57 Å². The van der Waals surface area contributed by atoms with Crippen LogP contribution in [0.5, 0.6) is 0 Å². The van der Waals surface area contributed by atoms with E-state index in [0.29, 0.717) is 5.16 Å². The van der Waals surface area contributed by atoms with E-state index in [1.807, 2.05) is 10.6 Å². The molecule has 44 heavy (non-hydrogen) atoms. The molecule has 222 valence electrons. The summed E-state index contributed by atoms with van der Waals surface area (Å²) in [6.07, 6.45) is 1.69. The van der Waals surface area contributed by atoms with Crippen molar-refractivity contribution in [3.63, 3.8) is 0 Å². The van der Waals surface area contributed by atoms with Crippen molar-refractivity contribution in [2.45, 2.75) is 51.7 Å². The Kier molecular flexibility index (Phi) is 8.10. The number of carbonyl (C=O) groups excluding carboxylic acids is 1. The summed E-state index contributed by atoms with van der Waals surface area (Å²) in [7, 11) is 0. The van der Waals surface area contributed by atoms with Crippen molar-refractivity contribution in [3.05, 3.63) is 108 Å². The van der Waals surface area contributed by atoms with Gasteiger partial charge in [0.2, 0.25) is 0 Å². The number of hydrogen-bond acceptors (Lipinski definition) is 5. The van der Waals surface area contributed by atoms with Crippen LogP contribution in [0.3, 0.4) is 0 Å². The van der Waals surface area contributed by atoms with E-state index in [1.165, 1.54) is 44.7 Å². The van der Waals surface area contributed by atoms with Gasteiger partial charge in [0, 0.05) is 39.6 Å². The molecule has 0 fully saturated rings. The number of fused-ring (bicyclic) bond motifs is 3. The van der Waals surface area contributed by atoms with Crippen LogP contribution in [0.2, 0.25) is 0 Å². The highest BCUT2D eigenvalue weighted by molar-refractivity contribution is 7.99. The fourth-order valence-corrected chi connectivity index (χ4v) is 6.17. The monoisotopic (exact) mass is 600 g/mol. The largest absolute Gasteiger partial charge is 0.341 e. The van der Waals surface area contributed by atoms with Gasteiger partial charge >= 0.3 is 0 Å². The summed E-state index contributed by atoms with van der Waals surface area (Å²) in [5.74, 6) is 0.660. The lowest BCUT2D eigenvalue weighted by molar-refractivity contribution is -0.118. The molecule has 1 N–H and O–H groups in total. The Balaban J connectivity index is 1.19. The topological polar surface area (TPSA) is 77.1 Å². The van der Waals surface area contributed by atoms with Gasteiger partial charge in [-0.25, -0.2) is 5.43 Å². The first-order valence-electron chi connectivity index (χ1n) is 14.8. The van der Waals surface area contributed by atoms with Crippen LogP contribution in [-0.2, 0) is 16.8 Å². The molecule has 2 aromatic heterocycles. The minimum Gasteiger partial charge on any atom is -0.341 e. The SMILES string of the molecule is CCn1c2ccccc2c2cc(/C=N/NC(=O)CSc3nnc(-c4ccc(C(C)(C)C)cc4)n3-c3ccc(C)cc3)ccc21. The number of hydrogen-bond donors (Lipinski definition) is 1. The van der Waals surface area contributed by atoms with Crippen molar-refractivity contribution < 1.29 is 4.79 Å². The maximum absolute atomic E-state index is 12.8. The van der Waals surface area contributed by atoms with Gasteiger partial charge in [0.05, 0.1) is 12.0 Å². The molecule has 0 aliphatic rings. The van der Waals surface area contributed by atoms with Crippen molar-refractivity contribution in [1.29, 1.82) is 0 Å². The molecule has 6 rings (SSSR count). The van der Waals surface area contributed by atoms with Gasteiger partial charge in [-0.15, -0.1) is 10.2 Å². The number of hydrazone groups is 1. The van der Waals surface area contributed by atoms with Crippen molar-refractivity contribution in [2.75, 3.05) is 5.75 Å². The number of rotatable bonds is 8. The maximum Gasteiger partial charge on any atom is 0.250 e. The first-order valence-corrected chi connectivity index (χ1v) is 15.8. The predicted molar refractivity (Wildman–Crippen MR) is 182 cm³/mol. The van der Waals surface area contributed by atoms with E-state index in [-0.39, 0.29) is 17.1 Å². The van der Waals surface area contributed by atoms with Gasteiger partial charge in [-0.2, -0.15) is 5.10 Å². The fraction of sp³-hybridized carbons (Fsp3) is 0.222. The van der Waals surface area contributed by atoms with Gasteiger partial charge in [0.1, 0.15) is 0 Å². The number of nitrogens with one attached hydrogen (secondary N) is 1. The second-order valence-corrected chi connectivity index (χ2v) is 12.9. The smallest absolute Gasteiger partial charge is 0.250 e. The van der Waals surface area contributed by atoms with Crippen molar-refractivity contribution >= 4 is 45.7 Å². The van der Waals surface area contributed by atoms with E-state index < -0.39 is 0 Å². The Bertz CT molecular complexity index is 1980. The Hall–Kier alpha value is -4.69. The summed E-state index contributed by atoms with van der Waals surface area (Å²) >= 11 is 1.33. The molecule has 8 heteroatoms. The van der Waals surface area contributed by atoms with Crippen LogP contribution < -0.4 is 5.43 Å². The lowest BCUT2D eigenvalue weighted by Gasteiger charge is -2.19. The maximum atomic E-state index is 12.8. The molecule has 1 amide bonds. The molecule has 0 saturated heterocycles. The summed E-state index contributed by atoms with van der Waals surface area (Å²) in [5.41, 5.74) is 10.4. The average Bonchev–Trinajstić information content (AvgIpc) is 3.59. The first-order chi connectivity index (χ1) is 21.2. The van der Waals surface area contributed by atoms with Gasteiger partial charge in [-0.05, 0) is 60.7 Å². The number of aryl methyl sites for hydroxylation is 2. The summed E-state index contributed by atoms with van der Waals surface area (Å²) in [6, 6.07) is 31.4. The Labute approximate surface area is 262 Å². The van der Waals surface area contributed by atoms with Crippen molar-refractivity contribution in [1.82, 2.24) is 24.8 Å². The number of benzene rings is 4. The number of para-hydroxylation sites is 1. The number of nitrogens with zero attached hydrogens (tertiary/aromatic N) is 5. The highest BCUT2D eigenvalue weighted by atomic mass is 32.2. The molecule has 6 aromatic rings. The quantitative estimate of drug-likeness (QED) is 0.109. The number of amides is 1. The molecule has 0 radical (unpaired) electrons. The van der Waals surface area contributed by atoms with E-state index in [2.05, 4.69) is 145 Å². The van der Waals surface area contributed by atoms with E-state index >= 15 is 0 Å². The molecule has 7 nitrogen and oxygen atoms in total. The fourth-order valence-electron chi connectivity index (χ4n) is 5.43. The van der Waals surface area contributed by atoms with E-state index in [1.54, 1.807) is 6.21 Å². The van der Waals surface area contributed by atoms with Crippen LogP contribution in [0.4, 0.5) is 0 Å². The summed E-state index contributed by atoms with van der Waals surface area (Å²) in [5, 5.41) is 16.3. The highest BCUT2D eigenvalue weighted by Gasteiger charge is 2.19. The molecular formula is C36H36N6OS. The minimum absolute atomic E-state index is 0.0578.